The van der Waals surface area contributed by atoms with Gasteiger partial charge >= 0.3 is 0 Å². The van der Waals surface area contributed by atoms with Crippen molar-refractivity contribution in [3.8, 4) is 0 Å². The fourth-order valence-electron chi connectivity index (χ4n) is 2.30. The lowest BCUT2D eigenvalue weighted by Gasteiger charge is -2.21. The molecule has 5 nitrogen and oxygen atoms in total. The van der Waals surface area contributed by atoms with E-state index in [1.165, 1.54) is 19.2 Å². The second-order valence-corrected chi connectivity index (χ2v) is 7.93. The van der Waals surface area contributed by atoms with Gasteiger partial charge in [0.15, 0.2) is 0 Å². The van der Waals surface area contributed by atoms with Crippen molar-refractivity contribution in [3.63, 3.8) is 0 Å². The molecule has 1 heterocycles. The number of rotatable bonds is 5. The van der Waals surface area contributed by atoms with Crippen LogP contribution in [0.5, 0.6) is 0 Å². The van der Waals surface area contributed by atoms with Gasteiger partial charge in [0.25, 0.3) is 0 Å². The lowest BCUT2D eigenvalue weighted by Crippen LogP contribution is -2.34. The molecule has 118 valence electrons. The van der Waals surface area contributed by atoms with E-state index in [2.05, 4.69) is 15.9 Å². The number of nitrogens with two attached hydrogens (primary N) is 1. The van der Waals surface area contributed by atoms with Crippen LogP contribution in [0, 0.1) is 5.82 Å². The van der Waals surface area contributed by atoms with Crippen molar-refractivity contribution < 1.29 is 17.5 Å². The van der Waals surface area contributed by atoms with E-state index in [-0.39, 0.29) is 29.7 Å². The van der Waals surface area contributed by atoms with Crippen LogP contribution in [0.4, 0.5) is 4.39 Å². The van der Waals surface area contributed by atoms with Crippen molar-refractivity contribution in [3.05, 3.63) is 28.0 Å². The molecule has 1 aromatic carbocycles. The molecule has 1 aliphatic heterocycles. The number of hydrogen-bond donors (Lipinski definition) is 1. The molecule has 0 aromatic heterocycles. The van der Waals surface area contributed by atoms with E-state index >= 15 is 0 Å². The molecule has 1 atom stereocenters. The third kappa shape index (κ3) is 3.62. The summed E-state index contributed by atoms with van der Waals surface area (Å²) in [5.41, 5.74) is 5.61. The minimum absolute atomic E-state index is 0.0662. The van der Waals surface area contributed by atoms with Gasteiger partial charge in [0.1, 0.15) is 10.7 Å². The van der Waals surface area contributed by atoms with E-state index < -0.39 is 15.8 Å². The summed E-state index contributed by atoms with van der Waals surface area (Å²) in [4.78, 5) is -0.363. The first kappa shape index (κ1) is 16.8. The minimum Gasteiger partial charge on any atom is -0.377 e. The molecule has 1 aromatic rings. The summed E-state index contributed by atoms with van der Waals surface area (Å²) in [6.45, 7) is 0.788. The molecule has 0 saturated carbocycles. The second kappa shape index (κ2) is 6.70. The van der Waals surface area contributed by atoms with E-state index in [4.69, 9.17) is 10.5 Å². The van der Waals surface area contributed by atoms with Gasteiger partial charge < -0.3 is 10.5 Å². The van der Waals surface area contributed by atoms with Gasteiger partial charge in [0.2, 0.25) is 10.0 Å². The molecule has 0 spiro atoms. The minimum atomic E-state index is -3.92. The molecule has 0 aliphatic carbocycles. The van der Waals surface area contributed by atoms with E-state index in [9.17, 15) is 12.8 Å². The average Bonchev–Trinajstić information content (AvgIpc) is 2.93. The number of halogens is 2. The number of sulfonamides is 1. The van der Waals surface area contributed by atoms with Crippen molar-refractivity contribution in [1.29, 1.82) is 0 Å². The third-order valence-electron chi connectivity index (χ3n) is 3.47. The maximum Gasteiger partial charge on any atom is 0.245 e. The molecular weight excluding hydrogens is 363 g/mol. The van der Waals surface area contributed by atoms with E-state index in [0.717, 1.165) is 17.1 Å². The van der Waals surface area contributed by atoms with Crippen LogP contribution < -0.4 is 5.73 Å². The molecule has 8 heteroatoms. The van der Waals surface area contributed by atoms with Crippen LogP contribution in [0.15, 0.2) is 21.5 Å². The zero-order valence-corrected chi connectivity index (χ0v) is 14.1. The molecule has 1 aliphatic rings. The molecule has 0 amide bonds. The van der Waals surface area contributed by atoms with E-state index in [0.29, 0.717) is 11.1 Å². The number of benzene rings is 1. The lowest BCUT2D eigenvalue weighted by molar-refractivity contribution is 0.0978. The van der Waals surface area contributed by atoms with Gasteiger partial charge in [-0.15, -0.1) is 0 Å². The summed E-state index contributed by atoms with van der Waals surface area (Å²) in [6.07, 6.45) is 1.60. The Kier molecular flexibility index (Phi) is 5.37. The van der Waals surface area contributed by atoms with E-state index in [1.54, 1.807) is 0 Å². The predicted octanol–water partition coefficient (Wildman–Crippen LogP) is 1.85. The van der Waals surface area contributed by atoms with Gasteiger partial charge in [-0.3, -0.25) is 0 Å². The zero-order valence-electron chi connectivity index (χ0n) is 11.7. The van der Waals surface area contributed by atoms with Crippen LogP contribution in [0.25, 0.3) is 0 Å². The van der Waals surface area contributed by atoms with Crippen LogP contribution >= 0.6 is 15.9 Å². The Labute approximate surface area is 132 Å². The van der Waals surface area contributed by atoms with Crippen molar-refractivity contribution in [2.75, 3.05) is 20.2 Å². The summed E-state index contributed by atoms with van der Waals surface area (Å²) in [5.74, 6) is -0.792. The first-order valence-electron chi connectivity index (χ1n) is 6.62. The zero-order chi connectivity index (χ0) is 15.6. The Hall–Kier alpha value is -0.540. The van der Waals surface area contributed by atoms with Crippen molar-refractivity contribution >= 4 is 26.0 Å². The summed E-state index contributed by atoms with van der Waals surface area (Å²) in [5, 5.41) is 0. The Morgan fingerprint density at radius 1 is 1.52 bits per heavy atom. The SMILES string of the molecule is CN(CC1CCCO1)S(=O)(=O)c1cc(Br)cc(CN)c1F. The topological polar surface area (TPSA) is 72.6 Å². The van der Waals surface area contributed by atoms with Gasteiger partial charge in [0, 0.05) is 36.8 Å². The third-order valence-corrected chi connectivity index (χ3v) is 5.75. The molecule has 1 saturated heterocycles. The summed E-state index contributed by atoms with van der Waals surface area (Å²) in [7, 11) is -2.49. The smallest absolute Gasteiger partial charge is 0.245 e. The molecule has 2 N–H and O–H groups in total. The fraction of sp³-hybridized carbons (Fsp3) is 0.538. The number of likely N-dealkylation sites (N-methyl/N-ethyl adjacent to an activating group) is 1. The van der Waals surface area contributed by atoms with Gasteiger partial charge in [-0.1, -0.05) is 15.9 Å². The first-order chi connectivity index (χ1) is 9.86. The van der Waals surface area contributed by atoms with Crippen LogP contribution in [-0.2, 0) is 21.3 Å². The van der Waals surface area contributed by atoms with Gasteiger partial charge in [-0.05, 0) is 25.0 Å². The number of hydrogen-bond acceptors (Lipinski definition) is 4. The monoisotopic (exact) mass is 380 g/mol. The summed E-state index contributed by atoms with van der Waals surface area (Å²) in [6, 6.07) is 2.74. The van der Waals surface area contributed by atoms with Gasteiger partial charge in [-0.2, -0.15) is 4.31 Å². The molecule has 0 bridgehead atoms. The fourth-order valence-corrected chi connectivity index (χ4v) is 4.28. The standard InChI is InChI=1S/C13H18BrFN2O3S/c1-17(8-11-3-2-4-20-11)21(18,19)12-6-10(14)5-9(7-16)13(12)15/h5-6,11H,2-4,7-8,16H2,1H3. The molecule has 1 unspecified atom stereocenters. The van der Waals surface area contributed by atoms with Crippen LogP contribution in [0.1, 0.15) is 18.4 Å². The quantitative estimate of drug-likeness (QED) is 0.845. The highest BCUT2D eigenvalue weighted by Crippen LogP contribution is 2.26. The van der Waals surface area contributed by atoms with Crippen LogP contribution in [-0.4, -0.2) is 39.0 Å². The lowest BCUT2D eigenvalue weighted by atomic mass is 10.2. The largest absolute Gasteiger partial charge is 0.377 e. The number of nitrogens with zero attached hydrogens (tertiary/aromatic N) is 1. The van der Waals surface area contributed by atoms with Crippen molar-refractivity contribution in [2.24, 2.45) is 5.73 Å². The normalized spacial score (nSPS) is 19.4. The molecular formula is C13H18BrFN2O3S. The van der Waals surface area contributed by atoms with Crippen molar-refractivity contribution in [1.82, 2.24) is 4.31 Å². The number of ether oxygens (including phenoxy) is 1. The second-order valence-electron chi connectivity index (χ2n) is 5.00. The molecule has 1 fully saturated rings. The van der Waals surface area contributed by atoms with Crippen molar-refractivity contribution in [2.45, 2.75) is 30.4 Å². The molecule has 2 rings (SSSR count). The Morgan fingerprint density at radius 3 is 2.81 bits per heavy atom. The Balaban J connectivity index is 2.32. The van der Waals surface area contributed by atoms with Gasteiger partial charge in [-0.25, -0.2) is 12.8 Å². The highest BCUT2D eigenvalue weighted by Gasteiger charge is 2.29. The summed E-state index contributed by atoms with van der Waals surface area (Å²) < 4.78 is 46.4. The Morgan fingerprint density at radius 2 is 2.24 bits per heavy atom. The predicted molar refractivity (Wildman–Crippen MR) is 80.8 cm³/mol. The van der Waals surface area contributed by atoms with Gasteiger partial charge in [0.05, 0.1) is 6.10 Å². The first-order valence-corrected chi connectivity index (χ1v) is 8.85. The Bertz CT molecular complexity index is 618. The summed E-state index contributed by atoms with van der Waals surface area (Å²) >= 11 is 3.19. The maximum atomic E-state index is 14.3. The van der Waals surface area contributed by atoms with E-state index in [1.807, 2.05) is 0 Å². The maximum absolute atomic E-state index is 14.3. The highest BCUT2D eigenvalue weighted by atomic mass is 79.9. The highest BCUT2D eigenvalue weighted by molar-refractivity contribution is 9.10. The molecule has 21 heavy (non-hydrogen) atoms. The average molecular weight is 381 g/mol. The molecule has 0 radical (unpaired) electrons. The van der Waals surface area contributed by atoms with Crippen LogP contribution in [0.2, 0.25) is 0 Å². The van der Waals surface area contributed by atoms with Crippen LogP contribution in [0.3, 0.4) is 0 Å².